The molecule has 0 saturated carbocycles. The predicted octanol–water partition coefficient (Wildman–Crippen LogP) is 5.22. The smallest absolute Gasteiger partial charge is 0.281 e. The number of carbonyl (C=O) groups is 1. The summed E-state index contributed by atoms with van der Waals surface area (Å²) in [7, 11) is 0. The SMILES string of the molecule is C[C@H]1CCc2sc(C(=O)N/N=C\c3cccc(OCc4ccccc4)c3)cc2C1. The number of aryl methyl sites for hydroxylation is 1. The van der Waals surface area contributed by atoms with Gasteiger partial charge in [-0.15, -0.1) is 11.3 Å². The van der Waals surface area contributed by atoms with Crippen LogP contribution in [0.5, 0.6) is 5.75 Å². The van der Waals surface area contributed by atoms with E-state index in [1.807, 2.05) is 60.7 Å². The first kappa shape index (κ1) is 19.4. The van der Waals surface area contributed by atoms with Crippen LogP contribution in [0.1, 0.15) is 44.6 Å². The number of hydrazone groups is 1. The summed E-state index contributed by atoms with van der Waals surface area (Å²) in [6.07, 6.45) is 4.99. The molecule has 4 rings (SSSR count). The maximum atomic E-state index is 12.4. The Bertz CT molecular complexity index is 1010. The Kier molecular flexibility index (Phi) is 6.06. The minimum absolute atomic E-state index is 0.148. The Labute approximate surface area is 175 Å². The molecule has 29 heavy (non-hydrogen) atoms. The number of ether oxygens (including phenoxy) is 1. The molecule has 1 N–H and O–H groups in total. The minimum Gasteiger partial charge on any atom is -0.489 e. The first-order valence-electron chi connectivity index (χ1n) is 9.89. The van der Waals surface area contributed by atoms with E-state index in [2.05, 4.69) is 17.5 Å². The molecule has 0 bridgehead atoms. The van der Waals surface area contributed by atoms with Crippen molar-refractivity contribution in [3.63, 3.8) is 0 Å². The molecule has 1 aliphatic rings. The average Bonchev–Trinajstić information content (AvgIpc) is 3.17. The van der Waals surface area contributed by atoms with Crippen molar-refractivity contribution in [1.82, 2.24) is 5.43 Å². The first-order valence-corrected chi connectivity index (χ1v) is 10.7. The summed E-state index contributed by atoms with van der Waals surface area (Å²) in [6, 6.07) is 19.7. The predicted molar refractivity (Wildman–Crippen MR) is 118 cm³/mol. The standard InChI is InChI=1S/C24H24N2O2S/c1-17-10-11-22-20(12-17)14-23(29-22)24(27)26-25-15-19-8-5-9-21(13-19)28-16-18-6-3-2-4-7-18/h2-9,13-15,17H,10-12,16H2,1H3,(H,26,27)/b25-15-/t17-/m0/s1. The molecule has 1 amide bonds. The molecule has 0 saturated heterocycles. The van der Waals surface area contributed by atoms with Crippen molar-refractivity contribution in [2.75, 3.05) is 0 Å². The van der Waals surface area contributed by atoms with Crippen molar-refractivity contribution in [2.24, 2.45) is 11.0 Å². The van der Waals surface area contributed by atoms with Crippen LogP contribution in [0.25, 0.3) is 0 Å². The van der Waals surface area contributed by atoms with Gasteiger partial charge in [0.1, 0.15) is 12.4 Å². The van der Waals surface area contributed by atoms with E-state index in [-0.39, 0.29) is 5.91 Å². The molecule has 0 fully saturated rings. The highest BCUT2D eigenvalue weighted by atomic mass is 32.1. The number of amides is 1. The largest absolute Gasteiger partial charge is 0.489 e. The van der Waals surface area contributed by atoms with Gasteiger partial charge >= 0.3 is 0 Å². The molecule has 0 spiro atoms. The molecule has 1 heterocycles. The molecule has 148 valence electrons. The quantitative estimate of drug-likeness (QED) is 0.453. The Morgan fingerprint density at radius 1 is 1.21 bits per heavy atom. The topological polar surface area (TPSA) is 50.7 Å². The summed E-state index contributed by atoms with van der Waals surface area (Å²) in [4.78, 5) is 14.5. The zero-order chi connectivity index (χ0) is 20.1. The summed E-state index contributed by atoms with van der Waals surface area (Å²) >= 11 is 1.59. The molecule has 2 aromatic carbocycles. The summed E-state index contributed by atoms with van der Waals surface area (Å²) in [5.41, 5.74) is 5.96. The Hall–Kier alpha value is -2.92. The molecule has 1 aliphatic carbocycles. The number of nitrogens with zero attached hydrogens (tertiary/aromatic N) is 1. The van der Waals surface area contributed by atoms with Crippen molar-refractivity contribution in [3.05, 3.63) is 87.1 Å². The van der Waals surface area contributed by atoms with E-state index >= 15 is 0 Å². The molecule has 0 unspecified atom stereocenters. The zero-order valence-corrected chi connectivity index (χ0v) is 17.2. The Morgan fingerprint density at radius 2 is 2.07 bits per heavy atom. The van der Waals surface area contributed by atoms with E-state index in [0.717, 1.165) is 34.6 Å². The van der Waals surface area contributed by atoms with Crippen molar-refractivity contribution in [3.8, 4) is 5.75 Å². The van der Waals surface area contributed by atoms with Gasteiger partial charge in [-0.25, -0.2) is 5.43 Å². The van der Waals surface area contributed by atoms with Gasteiger partial charge < -0.3 is 4.74 Å². The lowest BCUT2D eigenvalue weighted by molar-refractivity contribution is 0.0959. The average molecular weight is 405 g/mol. The lowest BCUT2D eigenvalue weighted by atomic mass is 9.90. The van der Waals surface area contributed by atoms with Gasteiger partial charge in [0.25, 0.3) is 5.91 Å². The molecule has 4 nitrogen and oxygen atoms in total. The molecular weight excluding hydrogens is 380 g/mol. The highest BCUT2D eigenvalue weighted by molar-refractivity contribution is 7.14. The highest BCUT2D eigenvalue weighted by Gasteiger charge is 2.20. The van der Waals surface area contributed by atoms with Crippen LogP contribution in [0.2, 0.25) is 0 Å². The third-order valence-corrected chi connectivity index (χ3v) is 6.28. The minimum atomic E-state index is -0.148. The van der Waals surface area contributed by atoms with Crippen LogP contribution in [0.4, 0.5) is 0 Å². The maximum Gasteiger partial charge on any atom is 0.281 e. The first-order chi connectivity index (χ1) is 14.2. The monoisotopic (exact) mass is 404 g/mol. The molecule has 1 atom stereocenters. The van der Waals surface area contributed by atoms with Crippen LogP contribution in [-0.2, 0) is 19.4 Å². The van der Waals surface area contributed by atoms with E-state index in [1.165, 1.54) is 16.9 Å². The third kappa shape index (κ3) is 5.12. The highest BCUT2D eigenvalue weighted by Crippen LogP contribution is 2.32. The van der Waals surface area contributed by atoms with Gasteiger partial charge in [-0.1, -0.05) is 49.4 Å². The summed E-state index contributed by atoms with van der Waals surface area (Å²) in [5.74, 6) is 1.32. The second-order valence-corrected chi connectivity index (χ2v) is 8.59. The molecule has 3 aromatic rings. The van der Waals surface area contributed by atoms with E-state index in [1.54, 1.807) is 17.6 Å². The summed E-state index contributed by atoms with van der Waals surface area (Å²) in [6.45, 7) is 2.78. The van der Waals surface area contributed by atoms with Gasteiger partial charge in [0, 0.05) is 4.88 Å². The molecule has 0 radical (unpaired) electrons. The number of benzene rings is 2. The number of fused-ring (bicyclic) bond motifs is 1. The van der Waals surface area contributed by atoms with Gasteiger partial charge in [0.15, 0.2) is 0 Å². The van der Waals surface area contributed by atoms with Crippen molar-refractivity contribution < 1.29 is 9.53 Å². The fourth-order valence-corrected chi connectivity index (χ4v) is 4.56. The van der Waals surface area contributed by atoms with Crippen molar-refractivity contribution in [1.29, 1.82) is 0 Å². The lowest BCUT2D eigenvalue weighted by Crippen LogP contribution is -2.16. The van der Waals surface area contributed by atoms with Gasteiger partial charge in [0.2, 0.25) is 0 Å². The Morgan fingerprint density at radius 3 is 2.93 bits per heavy atom. The number of carbonyl (C=O) groups excluding carboxylic acids is 1. The molecule has 1 aromatic heterocycles. The van der Waals surface area contributed by atoms with Crippen LogP contribution in [0.3, 0.4) is 0 Å². The molecule has 5 heteroatoms. The zero-order valence-electron chi connectivity index (χ0n) is 16.4. The van der Waals surface area contributed by atoms with Crippen LogP contribution in [-0.4, -0.2) is 12.1 Å². The molecular formula is C24H24N2O2S. The van der Waals surface area contributed by atoms with Gasteiger partial charge in [-0.2, -0.15) is 5.10 Å². The van der Waals surface area contributed by atoms with Gasteiger partial charge in [-0.05, 0) is 60.1 Å². The second-order valence-electron chi connectivity index (χ2n) is 7.45. The number of rotatable bonds is 6. The lowest BCUT2D eigenvalue weighted by Gasteiger charge is -2.16. The number of thiophene rings is 1. The van der Waals surface area contributed by atoms with Crippen LogP contribution in [0.15, 0.2) is 65.8 Å². The third-order valence-electron chi connectivity index (χ3n) is 5.04. The fourth-order valence-electron chi connectivity index (χ4n) is 3.46. The number of hydrogen-bond donors (Lipinski definition) is 1. The number of nitrogens with one attached hydrogen (secondary N) is 1. The molecule has 0 aliphatic heterocycles. The van der Waals surface area contributed by atoms with Gasteiger partial charge in [-0.3, -0.25) is 4.79 Å². The Balaban J connectivity index is 1.34. The van der Waals surface area contributed by atoms with Crippen LogP contribution >= 0.6 is 11.3 Å². The van der Waals surface area contributed by atoms with Crippen molar-refractivity contribution in [2.45, 2.75) is 32.8 Å². The maximum absolute atomic E-state index is 12.4. The van der Waals surface area contributed by atoms with Crippen LogP contribution in [0, 0.1) is 5.92 Å². The van der Waals surface area contributed by atoms with E-state index in [9.17, 15) is 4.79 Å². The van der Waals surface area contributed by atoms with E-state index < -0.39 is 0 Å². The summed E-state index contributed by atoms with van der Waals surface area (Å²) < 4.78 is 5.84. The normalized spacial score (nSPS) is 15.8. The summed E-state index contributed by atoms with van der Waals surface area (Å²) in [5, 5.41) is 4.13. The van der Waals surface area contributed by atoms with Crippen LogP contribution < -0.4 is 10.2 Å². The van der Waals surface area contributed by atoms with E-state index in [0.29, 0.717) is 12.5 Å². The van der Waals surface area contributed by atoms with E-state index in [4.69, 9.17) is 4.74 Å². The number of hydrogen-bond acceptors (Lipinski definition) is 4. The van der Waals surface area contributed by atoms with Crippen molar-refractivity contribution >= 4 is 23.5 Å². The fraction of sp³-hybridized carbons (Fsp3) is 0.250. The second kappa shape index (κ2) is 9.05. The van der Waals surface area contributed by atoms with Gasteiger partial charge in [0.05, 0.1) is 11.1 Å².